The molecule has 6 heteroatoms. The molecule has 1 aromatic rings. The van der Waals surface area contributed by atoms with Crippen LogP contribution >= 0.6 is 11.3 Å². The van der Waals surface area contributed by atoms with E-state index in [0.29, 0.717) is 4.78 Å². The summed E-state index contributed by atoms with van der Waals surface area (Å²) in [6.45, 7) is 11.4. The fourth-order valence-electron chi connectivity index (χ4n) is 2.32. The molecule has 0 saturated heterocycles. The minimum Gasteiger partial charge on any atom is -0.423 e. The van der Waals surface area contributed by atoms with E-state index in [-0.39, 0.29) is 11.3 Å². The van der Waals surface area contributed by atoms with Crippen LogP contribution in [0.25, 0.3) is 0 Å². The predicted octanol–water partition coefficient (Wildman–Crippen LogP) is 2.48. The average molecular weight is 312 g/mol. The van der Waals surface area contributed by atoms with Crippen molar-refractivity contribution < 1.29 is 14.8 Å². The topological polar surface area (TPSA) is 49.7 Å². The molecule has 0 radical (unpaired) electrons. The van der Waals surface area contributed by atoms with Gasteiger partial charge in [-0.3, -0.25) is 0 Å². The molecule has 1 aromatic heterocycles. The molecule has 112 valence electrons. The lowest BCUT2D eigenvalue weighted by Crippen LogP contribution is -2.50. The van der Waals surface area contributed by atoms with Crippen LogP contribution in [-0.4, -0.2) is 30.5 Å². The van der Waals surface area contributed by atoms with Crippen molar-refractivity contribution in [1.82, 2.24) is 0 Å². The van der Waals surface area contributed by atoms with E-state index in [9.17, 15) is 10.0 Å². The van der Waals surface area contributed by atoms with Gasteiger partial charge in [0.2, 0.25) is 0 Å². The van der Waals surface area contributed by atoms with Crippen molar-refractivity contribution in [3.05, 3.63) is 16.5 Å². The van der Waals surface area contributed by atoms with Crippen molar-refractivity contribution in [1.29, 1.82) is 0 Å². The minimum atomic E-state index is -1.42. The molecule has 0 aliphatic heterocycles. The molecule has 1 heterocycles. The van der Waals surface area contributed by atoms with Gasteiger partial charge in [-0.25, -0.2) is 0 Å². The highest BCUT2D eigenvalue weighted by Crippen LogP contribution is 2.39. The second kappa shape index (κ2) is 5.57. The van der Waals surface area contributed by atoms with E-state index in [4.69, 9.17) is 4.74 Å². The number of hydrogen-bond donors (Lipinski definition) is 2. The summed E-state index contributed by atoms with van der Waals surface area (Å²) in [7, 11) is -2.79. The third-order valence-corrected chi connectivity index (χ3v) is 9.56. The molecule has 1 aliphatic rings. The Kier molecular flexibility index (Phi) is 4.52. The molecule has 0 spiro atoms. The summed E-state index contributed by atoms with van der Waals surface area (Å²) >= 11 is 1.51. The van der Waals surface area contributed by atoms with Crippen molar-refractivity contribution in [2.75, 3.05) is 0 Å². The summed E-state index contributed by atoms with van der Waals surface area (Å²) in [5.74, 6) is 0. The second-order valence-corrected chi connectivity index (χ2v) is 14.0. The van der Waals surface area contributed by atoms with Crippen LogP contribution in [0.3, 0.4) is 0 Å². The van der Waals surface area contributed by atoms with Gasteiger partial charge < -0.3 is 14.8 Å². The monoisotopic (exact) mass is 312 g/mol. The zero-order chi connectivity index (χ0) is 15.1. The van der Waals surface area contributed by atoms with Crippen molar-refractivity contribution in [2.24, 2.45) is 0 Å². The van der Waals surface area contributed by atoms with Crippen LogP contribution in [-0.2, 0) is 11.2 Å². The summed E-state index contributed by atoms with van der Waals surface area (Å²) in [6, 6.07) is 1.93. The smallest absolute Gasteiger partial charge is 0.423 e. The summed E-state index contributed by atoms with van der Waals surface area (Å²) in [5.41, 5.74) is 1.18. The standard InChI is InChI=1S/C14H25BO3SSi/c1-14(2,20(3,4)5)18-11-7-6-8-12-10(11)9-13(19-12)15(16)17/h9,11,16-17H,6-8H2,1-5H3. The normalized spacial score (nSPS) is 19.9. The predicted molar refractivity (Wildman–Crippen MR) is 88.3 cm³/mol. The van der Waals surface area contributed by atoms with Crippen LogP contribution in [0.2, 0.25) is 19.6 Å². The number of thiophene rings is 1. The highest BCUT2D eigenvalue weighted by atomic mass is 32.1. The fourth-order valence-corrected chi connectivity index (χ4v) is 3.94. The third kappa shape index (κ3) is 3.20. The Morgan fingerprint density at radius 3 is 2.55 bits per heavy atom. The van der Waals surface area contributed by atoms with Crippen LogP contribution in [0, 0.1) is 0 Å². The summed E-state index contributed by atoms with van der Waals surface area (Å²) in [4.78, 5) is 1.26. The minimum absolute atomic E-state index is 0.0911. The molecule has 3 nitrogen and oxygen atoms in total. The molecule has 1 aliphatic carbocycles. The maximum atomic E-state index is 9.35. The number of aryl methyl sites for hydroxylation is 1. The molecule has 20 heavy (non-hydrogen) atoms. The lowest BCUT2D eigenvalue weighted by molar-refractivity contribution is -0.0360. The van der Waals surface area contributed by atoms with E-state index in [1.165, 1.54) is 21.8 Å². The van der Waals surface area contributed by atoms with Crippen molar-refractivity contribution in [3.8, 4) is 0 Å². The summed E-state index contributed by atoms with van der Waals surface area (Å²) < 4.78 is 7.10. The Hall–Kier alpha value is -0.138. The van der Waals surface area contributed by atoms with Gasteiger partial charge in [-0.2, -0.15) is 0 Å². The highest BCUT2D eigenvalue weighted by Gasteiger charge is 2.39. The molecule has 1 atom stereocenters. The van der Waals surface area contributed by atoms with Crippen LogP contribution in [0.5, 0.6) is 0 Å². The Morgan fingerprint density at radius 2 is 2.00 bits per heavy atom. The average Bonchev–Trinajstić information content (AvgIpc) is 2.72. The fraction of sp³-hybridized carbons (Fsp3) is 0.714. The maximum Gasteiger partial charge on any atom is 0.499 e. The molecule has 1 unspecified atom stereocenters. The second-order valence-electron chi connectivity index (χ2n) is 7.16. The van der Waals surface area contributed by atoms with Gasteiger partial charge in [0.15, 0.2) is 0 Å². The van der Waals surface area contributed by atoms with Gasteiger partial charge in [0.25, 0.3) is 0 Å². The van der Waals surface area contributed by atoms with Gasteiger partial charge in [0.1, 0.15) is 0 Å². The first kappa shape index (κ1) is 16.2. The number of rotatable bonds is 4. The van der Waals surface area contributed by atoms with E-state index in [0.717, 1.165) is 19.3 Å². The van der Waals surface area contributed by atoms with Crippen LogP contribution < -0.4 is 4.78 Å². The van der Waals surface area contributed by atoms with Crippen LogP contribution in [0.4, 0.5) is 0 Å². The van der Waals surface area contributed by atoms with Crippen LogP contribution in [0.15, 0.2) is 6.07 Å². The number of ether oxygens (including phenoxy) is 1. The van der Waals surface area contributed by atoms with Gasteiger partial charge in [-0.05, 0) is 44.7 Å². The maximum absolute atomic E-state index is 9.35. The zero-order valence-electron chi connectivity index (χ0n) is 13.1. The Morgan fingerprint density at radius 1 is 1.35 bits per heavy atom. The quantitative estimate of drug-likeness (QED) is 0.840. The Bertz CT molecular complexity index is 479. The molecule has 0 saturated carbocycles. The zero-order valence-corrected chi connectivity index (χ0v) is 14.9. The van der Waals surface area contributed by atoms with Gasteiger partial charge >= 0.3 is 7.12 Å². The first-order chi connectivity index (χ1) is 9.12. The van der Waals surface area contributed by atoms with Crippen molar-refractivity contribution >= 4 is 31.3 Å². The van der Waals surface area contributed by atoms with E-state index < -0.39 is 15.2 Å². The van der Waals surface area contributed by atoms with Gasteiger partial charge in [0.05, 0.1) is 19.4 Å². The summed E-state index contributed by atoms with van der Waals surface area (Å²) in [6.07, 6.45) is 3.27. The first-order valence-electron chi connectivity index (χ1n) is 7.28. The molecule has 0 bridgehead atoms. The van der Waals surface area contributed by atoms with E-state index in [1.54, 1.807) is 0 Å². The Balaban J connectivity index is 2.25. The van der Waals surface area contributed by atoms with Crippen molar-refractivity contribution in [2.45, 2.75) is 64.1 Å². The molecule has 0 amide bonds. The third-order valence-electron chi connectivity index (χ3n) is 4.58. The lowest BCUT2D eigenvalue weighted by Gasteiger charge is -2.41. The van der Waals surface area contributed by atoms with Gasteiger partial charge in [0, 0.05) is 9.65 Å². The largest absolute Gasteiger partial charge is 0.499 e. The highest BCUT2D eigenvalue weighted by molar-refractivity contribution is 7.22. The van der Waals surface area contributed by atoms with Crippen molar-refractivity contribution in [3.63, 3.8) is 0 Å². The molecule has 2 rings (SSSR count). The molecular formula is C14H25BO3SSi. The SMILES string of the molecule is CC(C)(OC1CCCc2sc(B(O)O)cc21)[Si](C)(C)C. The Labute approximate surface area is 127 Å². The first-order valence-corrected chi connectivity index (χ1v) is 11.6. The van der Waals surface area contributed by atoms with Gasteiger partial charge in [-0.1, -0.05) is 19.6 Å². The number of fused-ring (bicyclic) bond motifs is 1. The van der Waals surface area contributed by atoms with E-state index in [1.807, 2.05) is 6.07 Å². The van der Waals surface area contributed by atoms with E-state index in [2.05, 4.69) is 33.5 Å². The van der Waals surface area contributed by atoms with Gasteiger partial charge in [-0.15, -0.1) is 11.3 Å². The van der Waals surface area contributed by atoms with Crippen LogP contribution in [0.1, 0.15) is 43.2 Å². The molecule has 2 N–H and O–H groups in total. The molecule has 0 fully saturated rings. The molecular weight excluding hydrogens is 287 g/mol. The number of hydrogen-bond acceptors (Lipinski definition) is 4. The molecule has 0 aromatic carbocycles. The van der Waals surface area contributed by atoms with E-state index >= 15 is 0 Å². The lowest BCUT2D eigenvalue weighted by atomic mass is 9.87. The summed E-state index contributed by atoms with van der Waals surface area (Å²) in [5, 5.41) is 18.6.